The third-order valence-electron chi connectivity index (χ3n) is 5.81. The number of imidazole rings is 1. The van der Waals surface area contributed by atoms with Gasteiger partial charge >= 0.3 is 5.82 Å². The molecule has 9 heteroatoms. The van der Waals surface area contributed by atoms with Gasteiger partial charge in [0.2, 0.25) is 17.6 Å². The lowest BCUT2D eigenvalue weighted by molar-refractivity contribution is -0.389. The molecule has 0 radical (unpaired) electrons. The van der Waals surface area contributed by atoms with E-state index in [0.717, 1.165) is 24.8 Å². The third-order valence-corrected chi connectivity index (χ3v) is 5.81. The van der Waals surface area contributed by atoms with Crippen LogP contribution in [0.25, 0.3) is 0 Å². The molecule has 0 aliphatic carbocycles. The summed E-state index contributed by atoms with van der Waals surface area (Å²) in [6.45, 7) is 5.29. The number of rotatable bonds is 8. The summed E-state index contributed by atoms with van der Waals surface area (Å²) in [6.07, 6.45) is 3.77. The predicted molar refractivity (Wildman–Crippen MR) is 115 cm³/mol. The quantitative estimate of drug-likeness (QED) is 0.514. The van der Waals surface area contributed by atoms with E-state index in [1.807, 2.05) is 42.2 Å². The Hall–Kier alpha value is -3.23. The topological polar surface area (TPSA) is 110 Å². The molecule has 1 fully saturated rings. The van der Waals surface area contributed by atoms with Crippen LogP contribution in [0.2, 0.25) is 0 Å². The lowest BCUT2D eigenvalue weighted by Gasteiger charge is -2.34. The molecule has 2 heterocycles. The van der Waals surface area contributed by atoms with Crippen LogP contribution in [0.3, 0.4) is 0 Å². The van der Waals surface area contributed by atoms with Crippen molar-refractivity contribution in [2.75, 3.05) is 13.1 Å². The Bertz CT molecular complexity index is 919. The number of hydrogen-bond acceptors (Lipinski definition) is 5. The Labute approximate surface area is 181 Å². The molecule has 0 bridgehead atoms. The van der Waals surface area contributed by atoms with Crippen LogP contribution in [0.15, 0.2) is 36.5 Å². The summed E-state index contributed by atoms with van der Waals surface area (Å²) >= 11 is 0. The fourth-order valence-corrected chi connectivity index (χ4v) is 4.03. The van der Waals surface area contributed by atoms with Crippen molar-refractivity contribution in [3.63, 3.8) is 0 Å². The van der Waals surface area contributed by atoms with E-state index in [2.05, 4.69) is 10.3 Å². The van der Waals surface area contributed by atoms with Crippen molar-refractivity contribution >= 4 is 17.6 Å². The summed E-state index contributed by atoms with van der Waals surface area (Å²) in [5.41, 5.74) is 1.04. The molecular formula is C22H29N5O4. The molecule has 0 saturated carbocycles. The molecule has 0 spiro atoms. The monoisotopic (exact) mass is 427 g/mol. The average molecular weight is 428 g/mol. The minimum absolute atomic E-state index is 0.0339. The molecular weight excluding hydrogens is 398 g/mol. The molecule has 1 atom stereocenters. The highest BCUT2D eigenvalue weighted by atomic mass is 16.6. The number of benzene rings is 1. The highest BCUT2D eigenvalue weighted by molar-refractivity contribution is 5.84. The van der Waals surface area contributed by atoms with Crippen LogP contribution in [0.1, 0.15) is 49.9 Å². The number of nitro groups is 1. The van der Waals surface area contributed by atoms with Gasteiger partial charge in [-0.3, -0.25) is 9.59 Å². The molecule has 1 N–H and O–H groups in total. The summed E-state index contributed by atoms with van der Waals surface area (Å²) < 4.78 is 1.62. The fraction of sp³-hybridized carbons (Fsp3) is 0.500. The van der Waals surface area contributed by atoms with Gasteiger partial charge in [-0.2, -0.15) is 0 Å². The van der Waals surface area contributed by atoms with E-state index in [4.69, 9.17) is 0 Å². The number of nitrogens with one attached hydrogen (secondary N) is 1. The number of likely N-dealkylation sites (tertiary alicyclic amines) is 1. The van der Waals surface area contributed by atoms with E-state index < -0.39 is 4.92 Å². The lowest BCUT2D eigenvalue weighted by atomic mass is 9.93. The summed E-state index contributed by atoms with van der Waals surface area (Å²) in [6, 6.07) is 9.88. The van der Waals surface area contributed by atoms with Gasteiger partial charge in [0.25, 0.3) is 0 Å². The second kappa shape index (κ2) is 10.2. The molecule has 2 amide bonds. The minimum Gasteiger partial charge on any atom is -0.358 e. The Morgan fingerprint density at radius 1 is 1.26 bits per heavy atom. The van der Waals surface area contributed by atoms with Gasteiger partial charge < -0.3 is 24.9 Å². The third kappa shape index (κ3) is 5.68. The van der Waals surface area contributed by atoms with E-state index in [1.54, 1.807) is 11.5 Å². The summed E-state index contributed by atoms with van der Waals surface area (Å²) in [5.74, 6) is 0.216. The number of carbonyl (C=O) groups excluding carboxylic acids is 2. The van der Waals surface area contributed by atoms with E-state index >= 15 is 0 Å². The normalized spacial score (nSPS) is 15.5. The molecule has 166 valence electrons. The Morgan fingerprint density at radius 3 is 2.52 bits per heavy atom. The summed E-state index contributed by atoms with van der Waals surface area (Å²) in [7, 11) is 0. The Morgan fingerprint density at radius 2 is 1.94 bits per heavy atom. The molecule has 1 aliphatic heterocycles. The lowest BCUT2D eigenvalue weighted by Crippen LogP contribution is -2.47. The molecule has 1 saturated heterocycles. The van der Waals surface area contributed by atoms with Gasteiger partial charge in [-0.05, 0) is 34.7 Å². The second-order valence-electron chi connectivity index (χ2n) is 7.89. The maximum absolute atomic E-state index is 13.0. The maximum Gasteiger partial charge on any atom is 0.381 e. The van der Waals surface area contributed by atoms with E-state index in [-0.39, 0.29) is 36.0 Å². The van der Waals surface area contributed by atoms with Gasteiger partial charge in [-0.15, -0.1) is 0 Å². The van der Waals surface area contributed by atoms with Crippen LogP contribution in [0.4, 0.5) is 5.82 Å². The number of piperidine rings is 1. The van der Waals surface area contributed by atoms with E-state index in [0.29, 0.717) is 25.5 Å². The Balaban J connectivity index is 1.46. The first-order chi connectivity index (χ1) is 14.9. The number of amides is 2. The van der Waals surface area contributed by atoms with Crippen LogP contribution < -0.4 is 5.32 Å². The van der Waals surface area contributed by atoms with Gasteiger partial charge in [0.15, 0.2) is 0 Å². The molecule has 1 unspecified atom stereocenters. The molecule has 1 aromatic heterocycles. The van der Waals surface area contributed by atoms with Crippen LogP contribution in [0.5, 0.6) is 0 Å². The van der Waals surface area contributed by atoms with Crippen molar-refractivity contribution in [1.82, 2.24) is 19.8 Å². The van der Waals surface area contributed by atoms with Crippen LogP contribution in [-0.2, 0) is 16.1 Å². The zero-order chi connectivity index (χ0) is 22.4. The van der Waals surface area contributed by atoms with Crippen LogP contribution in [-0.4, -0.2) is 50.3 Å². The van der Waals surface area contributed by atoms with Crippen molar-refractivity contribution in [2.24, 2.45) is 0 Å². The smallest absolute Gasteiger partial charge is 0.358 e. The molecule has 3 rings (SSSR count). The predicted octanol–water partition coefficient (Wildman–Crippen LogP) is 2.79. The van der Waals surface area contributed by atoms with Gasteiger partial charge in [0.05, 0.1) is 5.92 Å². The fourth-order valence-electron chi connectivity index (χ4n) is 4.03. The SMILES string of the molecule is CCC(C(=O)N1CCC(NC(=O)CCn2cc([N+](=O)[O-])nc2C)CC1)c1ccccc1. The zero-order valence-electron chi connectivity index (χ0n) is 18.0. The molecule has 2 aromatic rings. The zero-order valence-corrected chi connectivity index (χ0v) is 18.0. The first-order valence-corrected chi connectivity index (χ1v) is 10.7. The number of nitrogens with zero attached hydrogens (tertiary/aromatic N) is 4. The van der Waals surface area contributed by atoms with Crippen LogP contribution >= 0.6 is 0 Å². The largest absolute Gasteiger partial charge is 0.381 e. The maximum atomic E-state index is 13.0. The first-order valence-electron chi connectivity index (χ1n) is 10.7. The van der Waals surface area contributed by atoms with Crippen LogP contribution in [0, 0.1) is 17.0 Å². The van der Waals surface area contributed by atoms with Gasteiger partial charge in [0.1, 0.15) is 6.20 Å². The summed E-state index contributed by atoms with van der Waals surface area (Å²) in [5, 5.41) is 13.8. The number of carbonyl (C=O) groups is 2. The van der Waals surface area contributed by atoms with Crippen molar-refractivity contribution < 1.29 is 14.5 Å². The van der Waals surface area contributed by atoms with Crippen molar-refractivity contribution in [2.45, 2.75) is 58.0 Å². The molecule has 1 aromatic carbocycles. The average Bonchev–Trinajstić information content (AvgIpc) is 3.15. The number of aromatic nitrogens is 2. The highest BCUT2D eigenvalue weighted by Gasteiger charge is 2.28. The minimum atomic E-state index is -0.542. The van der Waals surface area contributed by atoms with Crippen molar-refractivity contribution in [3.05, 3.63) is 58.0 Å². The van der Waals surface area contributed by atoms with Gasteiger partial charge in [-0.25, -0.2) is 0 Å². The standard InChI is InChI=1S/C22H29N5O4/c1-3-19(17-7-5-4-6-8-17)22(29)25-12-9-18(10-13-25)24-21(28)11-14-26-15-20(27(30)31)23-16(26)2/h4-8,15,18-19H,3,9-14H2,1-2H3,(H,24,28). The Kier molecular flexibility index (Phi) is 7.38. The second-order valence-corrected chi connectivity index (χ2v) is 7.89. The highest BCUT2D eigenvalue weighted by Crippen LogP contribution is 2.24. The van der Waals surface area contributed by atoms with Gasteiger partial charge in [0, 0.05) is 39.0 Å². The molecule has 31 heavy (non-hydrogen) atoms. The number of aryl methyl sites for hydroxylation is 2. The first kappa shape index (κ1) is 22.5. The number of hydrogen-bond donors (Lipinski definition) is 1. The summed E-state index contributed by atoms with van der Waals surface area (Å²) in [4.78, 5) is 41.3. The van der Waals surface area contributed by atoms with E-state index in [1.165, 1.54) is 6.20 Å². The van der Waals surface area contributed by atoms with Gasteiger partial charge in [-0.1, -0.05) is 37.3 Å². The van der Waals surface area contributed by atoms with E-state index in [9.17, 15) is 19.7 Å². The van der Waals surface area contributed by atoms with Crippen molar-refractivity contribution in [1.29, 1.82) is 0 Å². The molecule has 1 aliphatic rings. The molecule has 9 nitrogen and oxygen atoms in total. The van der Waals surface area contributed by atoms with Crippen molar-refractivity contribution in [3.8, 4) is 0 Å².